The van der Waals surface area contributed by atoms with E-state index in [2.05, 4.69) is 29.6 Å². The lowest BCUT2D eigenvalue weighted by molar-refractivity contribution is 0.424. The number of para-hydroxylation sites is 1. The van der Waals surface area contributed by atoms with Crippen LogP contribution >= 0.6 is 17.0 Å². The van der Waals surface area contributed by atoms with Gasteiger partial charge in [0.05, 0.1) is 0 Å². The van der Waals surface area contributed by atoms with Crippen molar-refractivity contribution in [3.05, 3.63) is 65.2 Å². The van der Waals surface area contributed by atoms with Crippen LogP contribution < -0.4 is 5.32 Å². The van der Waals surface area contributed by atoms with Crippen LogP contribution in [0.5, 0.6) is 5.75 Å². The molecule has 0 aliphatic heterocycles. The van der Waals surface area contributed by atoms with E-state index in [0.717, 1.165) is 31.0 Å². The van der Waals surface area contributed by atoms with Crippen LogP contribution in [0, 0.1) is 5.92 Å². The smallest absolute Gasteiger partial charge is 0.118 e. The molecule has 2 N–H and O–H groups in total. The lowest BCUT2D eigenvalue weighted by Gasteiger charge is -2.24. The van der Waals surface area contributed by atoms with Gasteiger partial charge in [-0.1, -0.05) is 42.5 Å². The quantitative estimate of drug-likeness (QED) is 0.791. The molecule has 3 rings (SSSR count). The van der Waals surface area contributed by atoms with Gasteiger partial charge >= 0.3 is 0 Å². The Bertz CT molecular complexity index is 599. The maximum atomic E-state index is 9.74. The van der Waals surface area contributed by atoms with E-state index in [9.17, 15) is 5.11 Å². The molecule has 1 atom stereocenters. The van der Waals surface area contributed by atoms with Gasteiger partial charge in [0.25, 0.3) is 0 Å². The van der Waals surface area contributed by atoms with Crippen LogP contribution in [0.3, 0.4) is 0 Å². The van der Waals surface area contributed by atoms with Crippen molar-refractivity contribution in [3.8, 4) is 5.75 Å². The molecule has 0 spiro atoms. The Hall–Kier alpha value is -1.32. The third-order valence-corrected chi connectivity index (χ3v) is 4.44. The average Bonchev–Trinajstić information content (AvgIpc) is 2.53. The van der Waals surface area contributed by atoms with E-state index in [1.54, 1.807) is 6.07 Å². The van der Waals surface area contributed by atoms with E-state index >= 15 is 0 Å². The molecule has 1 aliphatic carbocycles. The predicted octanol–water partition coefficient (Wildman–Crippen LogP) is 3.91. The van der Waals surface area contributed by atoms with Crippen molar-refractivity contribution in [2.24, 2.45) is 5.92 Å². The summed E-state index contributed by atoms with van der Waals surface area (Å²) < 4.78 is 0. The van der Waals surface area contributed by atoms with Gasteiger partial charge in [-0.2, -0.15) is 0 Å². The van der Waals surface area contributed by atoms with Crippen molar-refractivity contribution in [2.45, 2.75) is 25.7 Å². The molecule has 0 saturated carbocycles. The van der Waals surface area contributed by atoms with Gasteiger partial charge in [-0.3, -0.25) is 0 Å². The first kappa shape index (κ1) is 17.0. The van der Waals surface area contributed by atoms with Crippen molar-refractivity contribution in [1.82, 2.24) is 5.32 Å². The second-order valence-electron chi connectivity index (χ2n) is 5.96. The van der Waals surface area contributed by atoms with Crippen LogP contribution in [0.15, 0.2) is 48.5 Å². The third-order valence-electron chi connectivity index (χ3n) is 4.44. The maximum absolute atomic E-state index is 9.74. The number of benzene rings is 2. The van der Waals surface area contributed by atoms with Crippen molar-refractivity contribution in [3.63, 3.8) is 0 Å². The molecular formula is C19H24BrNO. The number of aryl methyl sites for hydroxylation is 1. The molecule has 0 bridgehead atoms. The Kier molecular flexibility index (Phi) is 6.47. The van der Waals surface area contributed by atoms with E-state index in [0.29, 0.717) is 5.75 Å². The molecule has 1 aliphatic rings. The SMILES string of the molecule is Br.Oc1ccccc1CCNCC1CCc2ccccc2C1. The molecule has 0 amide bonds. The largest absolute Gasteiger partial charge is 0.508 e. The number of phenols is 1. The third kappa shape index (κ3) is 4.34. The summed E-state index contributed by atoms with van der Waals surface area (Å²) in [7, 11) is 0. The van der Waals surface area contributed by atoms with Crippen molar-refractivity contribution >= 4 is 17.0 Å². The number of hydrogen-bond acceptors (Lipinski definition) is 2. The summed E-state index contributed by atoms with van der Waals surface area (Å²) in [6.45, 7) is 2.00. The van der Waals surface area contributed by atoms with Crippen LogP contribution in [-0.4, -0.2) is 18.2 Å². The van der Waals surface area contributed by atoms with Gasteiger partial charge in [-0.25, -0.2) is 0 Å². The van der Waals surface area contributed by atoms with Crippen LogP contribution in [-0.2, 0) is 19.3 Å². The van der Waals surface area contributed by atoms with Crippen molar-refractivity contribution in [1.29, 1.82) is 0 Å². The molecule has 2 aromatic rings. The first-order valence-corrected chi connectivity index (χ1v) is 7.87. The van der Waals surface area contributed by atoms with E-state index in [1.165, 1.54) is 30.4 Å². The van der Waals surface area contributed by atoms with E-state index in [1.807, 2.05) is 18.2 Å². The summed E-state index contributed by atoms with van der Waals surface area (Å²) in [4.78, 5) is 0. The van der Waals surface area contributed by atoms with Gasteiger partial charge in [-0.05, 0) is 67.4 Å². The van der Waals surface area contributed by atoms with Crippen LogP contribution in [0.1, 0.15) is 23.1 Å². The number of aromatic hydroxyl groups is 1. The zero-order valence-corrected chi connectivity index (χ0v) is 14.5. The topological polar surface area (TPSA) is 32.3 Å². The number of nitrogens with one attached hydrogen (secondary N) is 1. The first-order chi connectivity index (χ1) is 10.3. The van der Waals surface area contributed by atoms with Gasteiger partial charge in [0.2, 0.25) is 0 Å². The number of halogens is 1. The van der Waals surface area contributed by atoms with Crippen LogP contribution in [0.25, 0.3) is 0 Å². The molecule has 0 aromatic heterocycles. The molecule has 118 valence electrons. The van der Waals surface area contributed by atoms with Gasteiger partial charge in [0.1, 0.15) is 5.75 Å². The summed E-state index contributed by atoms with van der Waals surface area (Å²) >= 11 is 0. The number of hydrogen-bond donors (Lipinski definition) is 2. The number of phenolic OH excluding ortho intramolecular Hbond substituents is 1. The Balaban J connectivity index is 0.00000176. The molecule has 0 saturated heterocycles. The normalized spacial score (nSPS) is 16.6. The molecule has 2 nitrogen and oxygen atoms in total. The van der Waals surface area contributed by atoms with Gasteiger partial charge in [-0.15, -0.1) is 17.0 Å². The molecule has 0 heterocycles. The Morgan fingerprint density at radius 3 is 2.55 bits per heavy atom. The van der Waals surface area contributed by atoms with Crippen LogP contribution in [0.2, 0.25) is 0 Å². The summed E-state index contributed by atoms with van der Waals surface area (Å²) in [6, 6.07) is 16.4. The Morgan fingerprint density at radius 2 is 1.73 bits per heavy atom. The predicted molar refractivity (Wildman–Crippen MR) is 97.0 cm³/mol. The highest BCUT2D eigenvalue weighted by Crippen LogP contribution is 2.24. The highest BCUT2D eigenvalue weighted by atomic mass is 79.9. The molecular weight excluding hydrogens is 338 g/mol. The molecule has 1 unspecified atom stereocenters. The standard InChI is InChI=1S/C19H23NO.BrH/c21-19-8-4-3-6-17(19)11-12-20-14-15-9-10-16-5-1-2-7-18(16)13-15;/h1-8,15,20-21H,9-14H2;1H. The minimum atomic E-state index is 0. The lowest BCUT2D eigenvalue weighted by Crippen LogP contribution is -2.28. The summed E-state index contributed by atoms with van der Waals surface area (Å²) in [5, 5.41) is 13.3. The lowest BCUT2D eigenvalue weighted by atomic mass is 9.84. The fourth-order valence-electron chi connectivity index (χ4n) is 3.20. The summed E-state index contributed by atoms with van der Waals surface area (Å²) in [5.41, 5.74) is 4.08. The van der Waals surface area contributed by atoms with Gasteiger partial charge in [0, 0.05) is 0 Å². The summed E-state index contributed by atoms with van der Waals surface area (Å²) in [6.07, 6.45) is 4.57. The highest BCUT2D eigenvalue weighted by molar-refractivity contribution is 8.93. The number of rotatable bonds is 5. The minimum absolute atomic E-state index is 0. The molecule has 0 radical (unpaired) electrons. The monoisotopic (exact) mass is 361 g/mol. The fourth-order valence-corrected chi connectivity index (χ4v) is 3.20. The molecule has 3 heteroatoms. The number of fused-ring (bicyclic) bond motifs is 1. The fraction of sp³-hybridized carbons (Fsp3) is 0.368. The second kappa shape index (κ2) is 8.35. The zero-order chi connectivity index (χ0) is 14.5. The molecule has 0 fully saturated rings. The highest BCUT2D eigenvalue weighted by Gasteiger charge is 2.17. The Labute approximate surface area is 143 Å². The first-order valence-electron chi connectivity index (χ1n) is 7.87. The minimum Gasteiger partial charge on any atom is -0.508 e. The van der Waals surface area contributed by atoms with Crippen LogP contribution in [0.4, 0.5) is 0 Å². The Morgan fingerprint density at radius 1 is 1.00 bits per heavy atom. The van der Waals surface area contributed by atoms with E-state index in [-0.39, 0.29) is 17.0 Å². The van der Waals surface area contributed by atoms with E-state index in [4.69, 9.17) is 0 Å². The van der Waals surface area contributed by atoms with Gasteiger partial charge in [0.15, 0.2) is 0 Å². The second-order valence-corrected chi connectivity index (χ2v) is 5.96. The van der Waals surface area contributed by atoms with Gasteiger partial charge < -0.3 is 10.4 Å². The zero-order valence-electron chi connectivity index (χ0n) is 12.8. The molecule has 2 aromatic carbocycles. The molecule has 22 heavy (non-hydrogen) atoms. The van der Waals surface area contributed by atoms with Crippen molar-refractivity contribution in [2.75, 3.05) is 13.1 Å². The van der Waals surface area contributed by atoms with Crippen molar-refractivity contribution < 1.29 is 5.11 Å². The summed E-state index contributed by atoms with van der Waals surface area (Å²) in [5.74, 6) is 1.15. The maximum Gasteiger partial charge on any atom is 0.118 e. The average molecular weight is 362 g/mol. The van der Waals surface area contributed by atoms with E-state index < -0.39 is 0 Å².